The van der Waals surface area contributed by atoms with E-state index in [1.165, 1.54) is 75.6 Å². The lowest BCUT2D eigenvalue weighted by Crippen LogP contribution is -2.36. The minimum atomic E-state index is -0.471. The smallest absolute Gasteiger partial charge is 0.410 e. The van der Waals surface area contributed by atoms with E-state index in [4.69, 9.17) is 19.5 Å². The highest BCUT2D eigenvalue weighted by atomic mass is 32.2. The maximum Gasteiger partial charge on any atom is 0.410 e. The second kappa shape index (κ2) is 46.4. The van der Waals surface area contributed by atoms with Crippen molar-refractivity contribution in [3.63, 3.8) is 0 Å². The van der Waals surface area contributed by atoms with Crippen molar-refractivity contribution in [2.45, 2.75) is 207 Å². The number of amides is 3. The third-order valence-electron chi connectivity index (χ3n) is 23.6. The Morgan fingerprint density at radius 2 is 0.585 bits per heavy atom. The number of anilines is 6. The number of aromatic nitrogens is 6. The molecule has 0 saturated carbocycles. The highest BCUT2D eigenvalue weighted by Crippen LogP contribution is 2.41. The van der Waals surface area contributed by atoms with Gasteiger partial charge < -0.3 is 76.3 Å². The van der Waals surface area contributed by atoms with Crippen LogP contribution in [0, 0.1) is 11.5 Å². The molecule has 0 aliphatic carbocycles. The highest BCUT2D eigenvalue weighted by molar-refractivity contribution is 7.93. The molecular formula is C103H136FN19O6S. The molecule has 12 heterocycles. The summed E-state index contributed by atoms with van der Waals surface area (Å²) in [6.07, 6.45) is 27.0. The minimum absolute atomic E-state index is 0. The van der Waals surface area contributed by atoms with Crippen molar-refractivity contribution in [2.75, 3.05) is 120 Å². The predicted octanol–water partition coefficient (Wildman–Crippen LogP) is 23.8. The number of nitrogens with one attached hydrogen (secondary N) is 8. The van der Waals surface area contributed by atoms with Crippen molar-refractivity contribution in [1.82, 2.24) is 60.1 Å². The van der Waals surface area contributed by atoms with E-state index in [-0.39, 0.29) is 69.4 Å². The van der Waals surface area contributed by atoms with E-state index in [0.29, 0.717) is 12.1 Å². The van der Waals surface area contributed by atoms with Crippen molar-refractivity contribution in [2.24, 2.45) is 0 Å². The first-order chi connectivity index (χ1) is 61.7. The van der Waals surface area contributed by atoms with Crippen LogP contribution in [0.3, 0.4) is 0 Å². The van der Waals surface area contributed by atoms with Gasteiger partial charge in [0.15, 0.2) is 6.19 Å². The number of halogens is 1. The van der Waals surface area contributed by atoms with Gasteiger partial charge in [0.2, 0.25) is 0 Å². The Labute approximate surface area is 772 Å². The van der Waals surface area contributed by atoms with Crippen LogP contribution in [-0.2, 0) is 14.2 Å². The highest BCUT2D eigenvalue weighted by Gasteiger charge is 2.37. The van der Waals surface area contributed by atoms with Crippen LogP contribution in [0.2, 0.25) is 0 Å². The van der Waals surface area contributed by atoms with Gasteiger partial charge >= 0.3 is 18.3 Å². The standard InChI is InChI=1S/3C19H25N3O2.C15H16N4.2C14H17N3.CH3FS.2CH4/c3*1-19(2,3)24-18(23)22-11-5-6-16(22)14-7-8-15-13(12-14)9-10-21-17(15)20-4;1-17-15-13-5-4-12(9-11(13)6-7-18-15)14-3-2-8-19(14)10-16;2*1-15-14-12-5-4-11(13-3-2-7-16-13)9-10(12)6-8-17-14;1-3-2;;/h3*7-10,12,16H,5-6,11H2,1-4H3,(H,20,21);4-7,9,14H,2-3,8H2,1H3,(H,17,18);2*4-6,8-9,13,16H,2-3,7H2,1H3,(H,15,17);1H3;2*1H4/t2*16-;;14-;2*13-;;;/m10.010.../s1. The first kappa shape index (κ1) is 100. The first-order valence-electron chi connectivity index (χ1n) is 44.8. The molecule has 130 heavy (non-hydrogen) atoms. The third-order valence-corrected chi connectivity index (χ3v) is 23.6. The summed E-state index contributed by atoms with van der Waals surface area (Å²) in [7, 11) is 11.3. The van der Waals surface area contributed by atoms with Crippen LogP contribution in [0.1, 0.15) is 224 Å². The number of fused-ring (bicyclic) bond motifs is 6. The van der Waals surface area contributed by atoms with Crippen LogP contribution in [0.25, 0.3) is 64.6 Å². The minimum Gasteiger partial charge on any atom is -0.444 e. The van der Waals surface area contributed by atoms with Gasteiger partial charge in [-0.1, -0.05) is 87.6 Å². The van der Waals surface area contributed by atoms with Crippen LogP contribution in [0.15, 0.2) is 183 Å². The average molecular weight is 1790 g/mol. The average Bonchev–Trinajstić information content (AvgIpc) is 1.67. The van der Waals surface area contributed by atoms with Gasteiger partial charge in [0.25, 0.3) is 0 Å². The number of ether oxygens (including phenoxy) is 3. The summed E-state index contributed by atoms with van der Waals surface area (Å²) in [5, 5.41) is 48.8. The number of carbonyl (C=O) groups is 3. The number of benzene rings is 6. The molecule has 6 aliphatic heterocycles. The zero-order valence-electron chi connectivity index (χ0n) is 77.2. The number of likely N-dealkylation sites (tertiary alicyclic amines) is 4. The number of hydrogen-bond donors (Lipinski definition) is 8. The van der Waals surface area contributed by atoms with Crippen molar-refractivity contribution in [3.05, 3.63) is 216 Å². The normalized spacial score (nSPS) is 18.0. The molecule has 6 fully saturated rings. The molecule has 6 atom stereocenters. The molecule has 6 aromatic heterocycles. The molecule has 12 aromatic rings. The molecule has 6 aliphatic rings. The Bertz CT molecular complexity index is 5400. The fourth-order valence-corrected chi connectivity index (χ4v) is 17.8. The molecule has 1 unspecified atom stereocenters. The van der Waals surface area contributed by atoms with E-state index >= 15 is 0 Å². The summed E-state index contributed by atoms with van der Waals surface area (Å²) in [6, 6.07) is 52.4. The van der Waals surface area contributed by atoms with Crippen LogP contribution in [-0.4, -0.2) is 172 Å². The van der Waals surface area contributed by atoms with Crippen LogP contribution < -0.4 is 42.5 Å². The summed E-state index contributed by atoms with van der Waals surface area (Å²) in [5.41, 5.74) is 6.05. The van der Waals surface area contributed by atoms with Crippen molar-refractivity contribution < 1.29 is 32.5 Å². The Morgan fingerprint density at radius 3 is 0.808 bits per heavy atom. The Kier molecular flexibility index (Phi) is 35.7. The van der Waals surface area contributed by atoms with Crippen LogP contribution >= 0.6 is 12.1 Å². The Hall–Kier alpha value is -12.1. The molecule has 8 N–H and O–H groups in total. The fraction of sp³-hybridized carbons (Fsp3) is 0.437. The number of nitrogens with zero attached hydrogens (tertiary/aromatic N) is 11. The molecule has 6 aromatic carbocycles. The lowest BCUT2D eigenvalue weighted by molar-refractivity contribution is 0.0214. The maximum atomic E-state index is 12.5. The Balaban J connectivity index is 0.000000161. The molecule has 0 spiro atoms. The maximum absolute atomic E-state index is 12.5. The van der Waals surface area contributed by atoms with Gasteiger partial charge in [-0.15, -0.1) is 0 Å². The lowest BCUT2D eigenvalue weighted by atomic mass is 10.0. The van der Waals surface area contributed by atoms with E-state index in [9.17, 15) is 18.3 Å². The molecule has 25 nitrogen and oxygen atoms in total. The number of nitriles is 1. The zero-order valence-corrected chi connectivity index (χ0v) is 78.0. The van der Waals surface area contributed by atoms with Crippen molar-refractivity contribution in [3.8, 4) is 6.19 Å². The molecule has 3 amide bonds. The summed E-state index contributed by atoms with van der Waals surface area (Å²) in [5.74, 6) is 5.41. The van der Waals surface area contributed by atoms with Gasteiger partial charge in [0.1, 0.15) is 51.7 Å². The second-order valence-corrected chi connectivity index (χ2v) is 36.0. The van der Waals surface area contributed by atoms with E-state index in [1.54, 1.807) is 18.6 Å². The van der Waals surface area contributed by atoms with Crippen LogP contribution in [0.4, 0.5) is 53.2 Å². The van der Waals surface area contributed by atoms with Gasteiger partial charge in [0.05, 0.1) is 24.2 Å². The molecular weight excluding hydrogens is 1650 g/mol. The number of pyridine rings is 6. The number of rotatable bonds is 12. The van der Waals surface area contributed by atoms with E-state index in [1.807, 2.05) is 167 Å². The summed E-state index contributed by atoms with van der Waals surface area (Å²) in [6.45, 7) is 22.5. The topological polar surface area (TPSA) is 289 Å². The monoisotopic (exact) mass is 1790 g/mol. The van der Waals surface area contributed by atoms with Gasteiger partial charge in [-0.05, 0) is 291 Å². The zero-order chi connectivity index (χ0) is 91.2. The van der Waals surface area contributed by atoms with Crippen molar-refractivity contribution >= 4 is 130 Å². The largest absolute Gasteiger partial charge is 0.444 e. The van der Waals surface area contributed by atoms with E-state index in [2.05, 4.69) is 200 Å². The summed E-state index contributed by atoms with van der Waals surface area (Å²) in [4.78, 5) is 70.9. The van der Waals surface area contributed by atoms with Gasteiger partial charge in [-0.2, -0.15) is 9.15 Å². The third kappa shape index (κ3) is 25.5. The SMILES string of the molecule is C.C.CNc1nccc2cc(C3CCCN3C(=O)OC(C)(C)C)ccc12.CNc1nccc2cc([C@@H]3CCCN3)ccc12.CNc1nccc2cc([C@@H]3CCCN3C#N)ccc12.CNc1nccc2cc([C@@H]3CCCN3C(=O)OC(C)(C)C)ccc12.CNc1nccc2cc([C@H]3CCCN3)ccc12.CNc1nccc2cc([C@H]3CCCN3C(=O)OC(C)(C)C)ccc12.CSF. The quantitative estimate of drug-likeness (QED) is 0.0417. The fourth-order valence-electron chi connectivity index (χ4n) is 17.8. The Morgan fingerprint density at radius 1 is 0.362 bits per heavy atom. The van der Waals surface area contributed by atoms with E-state index in [0.717, 1.165) is 180 Å². The molecule has 27 heteroatoms. The lowest BCUT2D eigenvalue weighted by Gasteiger charge is -2.29. The van der Waals surface area contributed by atoms with Crippen molar-refractivity contribution in [1.29, 1.82) is 5.26 Å². The number of hydrogen-bond acceptors (Lipinski definition) is 23. The molecule has 6 saturated heterocycles. The van der Waals surface area contributed by atoms with Gasteiger partial charge in [0, 0.05) is 168 Å². The summed E-state index contributed by atoms with van der Waals surface area (Å²) < 4.78 is 26.9. The first-order valence-corrected chi connectivity index (χ1v) is 46.0. The molecule has 692 valence electrons. The van der Waals surface area contributed by atoms with Gasteiger partial charge in [-0.3, -0.25) is 0 Å². The second-order valence-electron chi connectivity index (χ2n) is 35.7. The predicted molar refractivity (Wildman–Crippen MR) is 535 cm³/mol. The van der Waals surface area contributed by atoms with E-state index < -0.39 is 16.8 Å². The van der Waals surface area contributed by atoms with Crippen LogP contribution in [0.5, 0.6) is 0 Å². The molecule has 0 radical (unpaired) electrons. The number of carbonyl (C=O) groups excluding carboxylic acids is 3. The summed E-state index contributed by atoms with van der Waals surface area (Å²) >= 11 is 0.250. The van der Waals surface area contributed by atoms with Gasteiger partial charge in [-0.25, -0.2) is 44.3 Å². The molecule has 18 rings (SSSR count). The molecule has 0 bridgehead atoms.